The summed E-state index contributed by atoms with van der Waals surface area (Å²) in [5.74, 6) is 0. The van der Waals surface area contributed by atoms with Gasteiger partial charge in [-0.15, -0.1) is 0 Å². The average Bonchev–Trinajstić information content (AvgIpc) is 1.97. The van der Waals surface area contributed by atoms with E-state index < -0.39 is 46.9 Å². The van der Waals surface area contributed by atoms with Crippen LogP contribution < -0.4 is 0 Å². The monoisotopic (exact) mass is 498 g/mol. The highest BCUT2D eigenvalue weighted by molar-refractivity contribution is 7.73. The lowest BCUT2D eigenvalue weighted by atomic mass is 15.7. The summed E-state index contributed by atoms with van der Waals surface area (Å²) in [6, 6.07) is 0. The van der Waals surface area contributed by atoms with E-state index in [-0.39, 0.29) is 0 Å². The zero-order valence-electron chi connectivity index (χ0n) is 10.8. The van der Waals surface area contributed by atoms with Gasteiger partial charge in [-0.1, -0.05) is 0 Å². The maximum atomic E-state index is 11.6. The number of phosphoric acid groups is 6. The van der Waals surface area contributed by atoms with Crippen molar-refractivity contribution in [2.45, 2.75) is 0 Å². The predicted octanol–water partition coefficient (Wildman–Crippen LogP) is -0.344. The Morgan fingerprint density at radius 2 is 0.680 bits per heavy atom. The zero-order chi connectivity index (χ0) is 20.5. The maximum absolute atomic E-state index is 11.6. The topological polar surface area (TPSA) is 310 Å². The largest absolute Gasteiger partial charge is 0.501 e. The number of hydrogen-bond donors (Lipinski definition) is 8. The molecule has 25 heteroatoms. The summed E-state index contributed by atoms with van der Waals surface area (Å²) >= 11 is 0. The van der Waals surface area contributed by atoms with Gasteiger partial charge in [-0.05, 0) is 0 Å². The first-order chi connectivity index (χ1) is 10.5. The maximum Gasteiger partial charge on any atom is 0.501 e. The van der Waals surface area contributed by atoms with Gasteiger partial charge in [0.15, 0.2) is 0 Å². The van der Waals surface area contributed by atoms with E-state index in [4.69, 9.17) is 39.1 Å². The summed E-state index contributed by atoms with van der Waals surface area (Å²) in [5.41, 5.74) is 0. The lowest BCUT2D eigenvalue weighted by molar-refractivity contribution is 0.181. The van der Waals surface area contributed by atoms with Crippen LogP contribution in [0, 0.1) is 0 Å². The minimum Gasteiger partial charge on any atom is -0.302 e. The molecular weight excluding hydrogens is 490 g/mol. The van der Waals surface area contributed by atoms with Crippen LogP contribution in [0.1, 0.15) is 0 Å². The van der Waals surface area contributed by atoms with Gasteiger partial charge in [0.1, 0.15) is 0 Å². The summed E-state index contributed by atoms with van der Waals surface area (Å²) in [5, 5.41) is 0. The second kappa shape index (κ2) is 8.08. The third-order valence-corrected chi connectivity index (χ3v) is 9.29. The van der Waals surface area contributed by atoms with Gasteiger partial charge in [0.25, 0.3) is 0 Å². The highest BCUT2D eigenvalue weighted by Gasteiger charge is 2.51. The van der Waals surface area contributed by atoms with Crippen LogP contribution in [0.2, 0.25) is 0 Å². The molecule has 0 rings (SSSR count). The van der Waals surface area contributed by atoms with E-state index in [1.54, 1.807) is 0 Å². The van der Waals surface area contributed by atoms with Crippen LogP contribution in [0.3, 0.4) is 0 Å². The van der Waals surface area contributed by atoms with Crippen LogP contribution in [0.25, 0.3) is 0 Å². The Labute approximate surface area is 136 Å². The van der Waals surface area contributed by atoms with E-state index in [0.717, 1.165) is 0 Å². The first-order valence-electron chi connectivity index (χ1n) is 4.52. The van der Waals surface area contributed by atoms with Crippen molar-refractivity contribution in [2.24, 2.45) is 0 Å². The Balaban J connectivity index is 5.60. The zero-order valence-corrected chi connectivity index (χ0v) is 16.1. The van der Waals surface area contributed by atoms with Gasteiger partial charge in [-0.2, -0.15) is 21.6 Å². The normalized spacial score (nSPS) is 19.2. The number of hydrogen-bond acceptors (Lipinski definition) is 11. The molecule has 0 aliphatic carbocycles. The lowest BCUT2D eigenvalue weighted by Crippen LogP contribution is -2.00. The van der Waals surface area contributed by atoms with Gasteiger partial charge in [-0.25, -0.2) is 27.4 Å². The van der Waals surface area contributed by atoms with Crippen molar-refractivity contribution in [1.82, 2.24) is 0 Å². The second-order valence-electron chi connectivity index (χ2n) is 3.26. The molecule has 152 valence electrons. The summed E-state index contributed by atoms with van der Waals surface area (Å²) in [6.45, 7) is 0. The van der Waals surface area contributed by atoms with E-state index in [1.807, 2.05) is 0 Å². The molecule has 0 aliphatic heterocycles. The van der Waals surface area contributed by atoms with E-state index in [0.29, 0.717) is 0 Å². The standard InChI is InChI=1S/H8O19P6/c1-20(2,3)15-23(10,11)18-24(12,13)19-25(14,16-21(4,5)6)17-22(7,8)9/h(H,10,11)(H,12,13)(H2,1,2,3)(H2,4,5,6)(H2,7,8,9). The quantitative estimate of drug-likeness (QED) is 0.179. The molecule has 0 fully saturated rings. The summed E-state index contributed by atoms with van der Waals surface area (Å²) in [7, 11) is -36.6. The third-order valence-electron chi connectivity index (χ3n) is 1.03. The van der Waals surface area contributed by atoms with Crippen molar-refractivity contribution in [3.63, 3.8) is 0 Å². The van der Waals surface area contributed by atoms with E-state index >= 15 is 0 Å². The van der Waals surface area contributed by atoms with Crippen molar-refractivity contribution in [3.8, 4) is 0 Å². The molecule has 8 N–H and O–H groups in total. The molecule has 0 saturated carbocycles. The molecule has 19 nitrogen and oxygen atoms in total. The molecule has 2 unspecified atom stereocenters. The molecule has 0 saturated heterocycles. The first-order valence-corrected chi connectivity index (χ1v) is 13.6. The van der Waals surface area contributed by atoms with Gasteiger partial charge < -0.3 is 39.1 Å². The minimum absolute atomic E-state index is 3.04. The minimum atomic E-state index is -6.38. The van der Waals surface area contributed by atoms with E-state index in [1.165, 1.54) is 0 Å². The molecule has 0 aromatic carbocycles. The number of rotatable bonds is 10. The molecule has 0 amide bonds. The highest BCUT2D eigenvalue weighted by Crippen LogP contribution is 2.76. The van der Waals surface area contributed by atoms with Crippen molar-refractivity contribution in [3.05, 3.63) is 0 Å². The first kappa shape index (κ1) is 25.9. The smallest absolute Gasteiger partial charge is 0.302 e. The molecule has 0 aliphatic rings. The van der Waals surface area contributed by atoms with Gasteiger partial charge in [-0.3, -0.25) is 0 Å². The molecule has 25 heavy (non-hydrogen) atoms. The van der Waals surface area contributed by atoms with Gasteiger partial charge in [0.2, 0.25) is 0 Å². The Bertz CT molecular complexity index is 721. The predicted molar refractivity (Wildman–Crippen MR) is 68.8 cm³/mol. The van der Waals surface area contributed by atoms with Crippen LogP contribution in [-0.4, -0.2) is 39.1 Å². The summed E-state index contributed by atoms with van der Waals surface area (Å²) < 4.78 is 81.2. The van der Waals surface area contributed by atoms with Gasteiger partial charge in [0, 0.05) is 0 Å². The van der Waals surface area contributed by atoms with Crippen molar-refractivity contribution in [1.29, 1.82) is 0 Å². The van der Waals surface area contributed by atoms with Crippen LogP contribution in [0.5, 0.6) is 0 Å². The third kappa shape index (κ3) is 13.6. The second-order valence-corrected chi connectivity index (χ2v) is 12.2. The van der Waals surface area contributed by atoms with Crippen molar-refractivity contribution >= 4 is 46.9 Å². The van der Waals surface area contributed by atoms with Crippen LogP contribution >= 0.6 is 46.9 Å². The average molecular weight is 498 g/mol. The summed E-state index contributed by atoms with van der Waals surface area (Å²) in [6.07, 6.45) is 0. The molecule has 0 aromatic rings. The molecular formula is H8O19P6. The molecule has 0 spiro atoms. The highest BCUT2D eigenvalue weighted by atomic mass is 31.3. The van der Waals surface area contributed by atoms with Gasteiger partial charge in [0.05, 0.1) is 0 Å². The Morgan fingerprint density at radius 1 is 0.400 bits per heavy atom. The lowest BCUT2D eigenvalue weighted by Gasteiger charge is -2.21. The summed E-state index contributed by atoms with van der Waals surface area (Å²) in [4.78, 5) is 67.8. The van der Waals surface area contributed by atoms with Gasteiger partial charge >= 0.3 is 46.9 Å². The van der Waals surface area contributed by atoms with Crippen LogP contribution in [-0.2, 0) is 48.9 Å². The van der Waals surface area contributed by atoms with Crippen LogP contribution in [0.15, 0.2) is 0 Å². The molecule has 2 atom stereocenters. The SMILES string of the molecule is O=P(O)(O)OP(=O)(O)OP(=O)(O)OP(=O)(OP(=O)(O)O)OP(=O)(O)O. The van der Waals surface area contributed by atoms with E-state index in [2.05, 4.69) is 21.6 Å². The Morgan fingerprint density at radius 3 is 0.960 bits per heavy atom. The van der Waals surface area contributed by atoms with Crippen molar-refractivity contribution in [2.75, 3.05) is 0 Å². The molecule has 0 heterocycles. The molecule has 0 aromatic heterocycles. The fraction of sp³-hybridized carbons (Fsp3) is 0. The molecule has 0 bridgehead atoms. The van der Waals surface area contributed by atoms with Crippen molar-refractivity contribution < 1.29 is 88.1 Å². The Hall–Kier alpha value is 0.860. The van der Waals surface area contributed by atoms with E-state index in [9.17, 15) is 27.4 Å². The molecule has 0 radical (unpaired) electrons. The fourth-order valence-electron chi connectivity index (χ4n) is 0.726. The van der Waals surface area contributed by atoms with Crippen LogP contribution in [0.4, 0.5) is 0 Å². The Kier molecular flexibility index (Phi) is 8.35. The fourth-order valence-corrected chi connectivity index (χ4v) is 7.88.